The van der Waals surface area contributed by atoms with Crippen LogP contribution in [0.4, 0.5) is 5.69 Å². The van der Waals surface area contributed by atoms with Gasteiger partial charge in [-0.3, -0.25) is 4.79 Å². The minimum absolute atomic E-state index is 0. The summed E-state index contributed by atoms with van der Waals surface area (Å²) in [4.78, 5) is 17.0. The van der Waals surface area contributed by atoms with E-state index in [4.69, 9.17) is 4.52 Å². The number of piperidine rings is 1. The largest absolute Gasteiger partial charge is 0.334 e. The molecule has 2 fully saturated rings. The molecule has 2 unspecified atom stereocenters. The lowest BCUT2D eigenvalue weighted by Gasteiger charge is -2.28. The number of nitrogens with zero attached hydrogens (tertiary/aromatic N) is 2. The summed E-state index contributed by atoms with van der Waals surface area (Å²) in [5.74, 6) is 1.76. The molecule has 1 aromatic heterocycles. The maximum Gasteiger partial charge on any atom is 0.257 e. The molecule has 4 rings (SSSR count). The van der Waals surface area contributed by atoms with Crippen LogP contribution in [0.3, 0.4) is 0 Å². The molecule has 0 saturated carbocycles. The van der Waals surface area contributed by atoms with Crippen LogP contribution in [-0.2, 0) is 11.2 Å². The van der Waals surface area contributed by atoms with Crippen molar-refractivity contribution in [3.63, 3.8) is 0 Å². The van der Waals surface area contributed by atoms with Gasteiger partial charge in [0.25, 0.3) is 5.89 Å². The molecular formula is C20H27ClN4O2. The molecule has 27 heavy (non-hydrogen) atoms. The van der Waals surface area contributed by atoms with Crippen molar-refractivity contribution in [1.29, 1.82) is 0 Å². The quantitative estimate of drug-likeness (QED) is 0.809. The molecule has 7 heteroatoms. The fraction of sp³-hybridized carbons (Fsp3) is 0.550. The summed E-state index contributed by atoms with van der Waals surface area (Å²) in [6.45, 7) is 3.98. The lowest BCUT2D eigenvalue weighted by molar-refractivity contribution is -0.117. The number of aromatic nitrogens is 2. The maximum absolute atomic E-state index is 12.6. The van der Waals surface area contributed by atoms with Crippen LogP contribution in [0, 0.1) is 12.8 Å². The lowest BCUT2D eigenvalue weighted by Crippen LogP contribution is -2.39. The number of nitrogens with one attached hydrogen (secondary N) is 2. The molecule has 2 saturated heterocycles. The van der Waals surface area contributed by atoms with E-state index in [2.05, 4.69) is 20.8 Å². The Bertz CT molecular complexity index is 795. The van der Waals surface area contributed by atoms with E-state index >= 15 is 0 Å². The number of halogens is 1. The van der Waals surface area contributed by atoms with E-state index in [1.165, 1.54) is 12.8 Å². The Hall–Kier alpha value is -1.92. The number of rotatable bonds is 5. The monoisotopic (exact) mass is 390 g/mol. The summed E-state index contributed by atoms with van der Waals surface area (Å²) < 4.78 is 5.31. The van der Waals surface area contributed by atoms with Crippen molar-refractivity contribution in [2.45, 2.75) is 64.5 Å². The molecule has 6 nitrogen and oxygen atoms in total. The van der Waals surface area contributed by atoms with Gasteiger partial charge in [-0.2, -0.15) is 4.98 Å². The first-order valence-electron chi connectivity index (χ1n) is 9.60. The first-order chi connectivity index (χ1) is 12.6. The average Bonchev–Trinajstić information content (AvgIpc) is 3.23. The molecule has 3 heterocycles. The number of hydrogen-bond donors (Lipinski definition) is 2. The van der Waals surface area contributed by atoms with Gasteiger partial charge in [0, 0.05) is 36.2 Å². The van der Waals surface area contributed by atoms with E-state index in [0.29, 0.717) is 36.1 Å². The Labute approximate surface area is 165 Å². The van der Waals surface area contributed by atoms with E-state index in [-0.39, 0.29) is 18.3 Å². The molecule has 1 aromatic carbocycles. The van der Waals surface area contributed by atoms with Gasteiger partial charge in [-0.1, -0.05) is 18.1 Å². The minimum atomic E-state index is 0. The molecular weight excluding hydrogens is 364 g/mol. The van der Waals surface area contributed by atoms with Crippen LogP contribution in [0.15, 0.2) is 22.7 Å². The molecule has 0 spiro atoms. The number of amides is 1. The zero-order valence-electron chi connectivity index (χ0n) is 15.8. The zero-order chi connectivity index (χ0) is 18.1. The molecule has 2 aromatic rings. The van der Waals surface area contributed by atoms with Gasteiger partial charge < -0.3 is 15.2 Å². The molecule has 2 atom stereocenters. The van der Waals surface area contributed by atoms with E-state index in [0.717, 1.165) is 36.1 Å². The first-order valence-corrected chi connectivity index (χ1v) is 9.60. The minimum Gasteiger partial charge on any atom is -0.334 e. The number of hydrogen-bond acceptors (Lipinski definition) is 5. The van der Waals surface area contributed by atoms with Crippen LogP contribution >= 0.6 is 12.4 Å². The third-order valence-electron chi connectivity index (χ3n) is 5.59. The second kappa shape index (κ2) is 8.40. The highest BCUT2D eigenvalue weighted by atomic mass is 35.5. The van der Waals surface area contributed by atoms with Crippen LogP contribution in [0.25, 0.3) is 11.5 Å². The zero-order valence-corrected chi connectivity index (χ0v) is 16.6. The Morgan fingerprint density at radius 1 is 1.30 bits per heavy atom. The molecule has 0 radical (unpaired) electrons. The smallest absolute Gasteiger partial charge is 0.257 e. The van der Waals surface area contributed by atoms with Crippen LogP contribution in [0.2, 0.25) is 0 Å². The summed E-state index contributed by atoms with van der Waals surface area (Å²) in [7, 11) is 0. The van der Waals surface area contributed by atoms with Gasteiger partial charge in [-0.05, 0) is 56.2 Å². The summed E-state index contributed by atoms with van der Waals surface area (Å²) in [5, 5.41) is 10.7. The molecule has 1 amide bonds. The van der Waals surface area contributed by atoms with Crippen molar-refractivity contribution in [2.24, 2.45) is 5.92 Å². The van der Waals surface area contributed by atoms with E-state index in [1.807, 2.05) is 32.0 Å². The third-order valence-corrected chi connectivity index (χ3v) is 5.59. The number of fused-ring (bicyclic) bond motifs is 2. The number of carbonyl (C=O) groups is 1. The normalized spacial score (nSPS) is 23.7. The SMILES string of the molecule is CCc1noc(-c2ccc(C)c(NC(=O)CC3CC4CCC(C3)N4)c2)n1.Cl. The Balaban J connectivity index is 0.00000210. The highest BCUT2D eigenvalue weighted by molar-refractivity contribution is 5.92. The summed E-state index contributed by atoms with van der Waals surface area (Å²) in [6, 6.07) is 7.07. The molecule has 146 valence electrons. The van der Waals surface area contributed by atoms with E-state index in [9.17, 15) is 4.79 Å². The fourth-order valence-electron chi connectivity index (χ4n) is 4.21. The molecule has 0 aliphatic carbocycles. The number of anilines is 1. The molecule has 2 bridgehead atoms. The van der Waals surface area contributed by atoms with Crippen molar-refractivity contribution in [3.8, 4) is 11.5 Å². The summed E-state index contributed by atoms with van der Waals surface area (Å²) in [6.07, 6.45) is 6.08. The third kappa shape index (κ3) is 4.50. The van der Waals surface area contributed by atoms with Gasteiger partial charge >= 0.3 is 0 Å². The van der Waals surface area contributed by atoms with Crippen molar-refractivity contribution in [1.82, 2.24) is 15.5 Å². The Kier molecular flexibility index (Phi) is 6.17. The Morgan fingerprint density at radius 2 is 2.04 bits per heavy atom. The van der Waals surface area contributed by atoms with Gasteiger partial charge in [0.2, 0.25) is 5.91 Å². The van der Waals surface area contributed by atoms with Gasteiger partial charge in [0.05, 0.1) is 0 Å². The summed E-state index contributed by atoms with van der Waals surface area (Å²) >= 11 is 0. The summed E-state index contributed by atoms with van der Waals surface area (Å²) in [5.41, 5.74) is 2.68. The number of aryl methyl sites for hydroxylation is 2. The average molecular weight is 391 g/mol. The van der Waals surface area contributed by atoms with Gasteiger partial charge in [-0.25, -0.2) is 0 Å². The fourth-order valence-corrected chi connectivity index (χ4v) is 4.21. The Morgan fingerprint density at radius 3 is 2.70 bits per heavy atom. The number of carbonyl (C=O) groups excluding carboxylic acids is 1. The van der Waals surface area contributed by atoms with Crippen LogP contribution in [-0.4, -0.2) is 28.1 Å². The highest BCUT2D eigenvalue weighted by Crippen LogP contribution is 2.33. The van der Waals surface area contributed by atoms with Crippen LogP contribution in [0.5, 0.6) is 0 Å². The van der Waals surface area contributed by atoms with Crippen molar-refractivity contribution >= 4 is 24.0 Å². The van der Waals surface area contributed by atoms with Crippen molar-refractivity contribution in [2.75, 3.05) is 5.32 Å². The molecule has 2 aliphatic heterocycles. The highest BCUT2D eigenvalue weighted by Gasteiger charge is 2.34. The standard InChI is InChI=1S/C20H26N4O2.ClH/c1-3-18-23-20(26-24-18)14-5-4-12(2)17(11-14)22-19(25)10-13-8-15-6-7-16(9-13)21-15;/h4-5,11,13,15-16,21H,3,6-10H2,1-2H3,(H,22,25);1H. The predicted octanol–water partition coefficient (Wildman–Crippen LogP) is 3.89. The topological polar surface area (TPSA) is 80.0 Å². The van der Waals surface area contributed by atoms with Gasteiger partial charge in [-0.15, -0.1) is 12.4 Å². The number of benzene rings is 1. The first kappa shape index (κ1) is 19.8. The van der Waals surface area contributed by atoms with E-state index < -0.39 is 0 Å². The van der Waals surface area contributed by atoms with Crippen molar-refractivity contribution < 1.29 is 9.32 Å². The van der Waals surface area contributed by atoms with Crippen LogP contribution in [0.1, 0.15) is 50.4 Å². The van der Waals surface area contributed by atoms with Crippen LogP contribution < -0.4 is 10.6 Å². The predicted molar refractivity (Wildman–Crippen MR) is 107 cm³/mol. The second-order valence-corrected chi connectivity index (χ2v) is 7.63. The van der Waals surface area contributed by atoms with Gasteiger partial charge in [0.15, 0.2) is 5.82 Å². The maximum atomic E-state index is 12.6. The lowest BCUT2D eigenvalue weighted by atomic mass is 9.89. The van der Waals surface area contributed by atoms with E-state index in [1.54, 1.807) is 0 Å². The van der Waals surface area contributed by atoms with Crippen molar-refractivity contribution in [3.05, 3.63) is 29.6 Å². The molecule has 2 aliphatic rings. The van der Waals surface area contributed by atoms with Gasteiger partial charge in [0.1, 0.15) is 0 Å². The second-order valence-electron chi connectivity index (χ2n) is 7.63. The molecule has 2 N–H and O–H groups in total.